The molecule has 0 radical (unpaired) electrons. The number of benzene rings is 1. The maximum Gasteiger partial charge on any atom is 0.308 e. The first kappa shape index (κ1) is 16.3. The Morgan fingerprint density at radius 1 is 1.42 bits per heavy atom. The Morgan fingerprint density at radius 3 is 2.75 bits per heavy atom. The summed E-state index contributed by atoms with van der Waals surface area (Å²) in [5, 5.41) is 10.3. The van der Waals surface area contributed by atoms with Gasteiger partial charge in [-0.05, 0) is 18.6 Å². The van der Waals surface area contributed by atoms with Crippen molar-refractivity contribution in [1.29, 1.82) is 0 Å². The van der Waals surface area contributed by atoms with Crippen molar-refractivity contribution >= 4 is 21.9 Å². The number of halogens is 1. The van der Waals surface area contributed by atoms with E-state index < -0.39 is 33.3 Å². The molecule has 1 aliphatic heterocycles. The minimum atomic E-state index is -3.63. The average Bonchev–Trinajstić information content (AvgIpc) is 2.99. The molecule has 0 bridgehead atoms. The Bertz CT molecular complexity index is 905. The molecule has 1 aromatic carbocycles. The number of carbonyl (C=O) groups is 1. The number of carbonyl (C=O) groups excluding carboxylic acids is 1. The number of aromatic hydroxyl groups is 1. The third kappa shape index (κ3) is 2.82. The lowest BCUT2D eigenvalue weighted by Crippen LogP contribution is -2.25. The van der Waals surface area contributed by atoms with E-state index >= 15 is 0 Å². The highest BCUT2D eigenvalue weighted by atomic mass is 32.2. The fourth-order valence-corrected chi connectivity index (χ4v) is 3.98. The first-order valence-electron chi connectivity index (χ1n) is 7.10. The van der Waals surface area contributed by atoms with E-state index in [4.69, 9.17) is 9.15 Å². The smallest absolute Gasteiger partial charge is 0.308 e. The molecule has 1 aliphatic rings. The number of sulfonamides is 1. The van der Waals surface area contributed by atoms with Crippen molar-refractivity contribution in [3.8, 4) is 22.8 Å². The lowest BCUT2D eigenvalue weighted by molar-refractivity contribution is -0.132. The van der Waals surface area contributed by atoms with E-state index in [9.17, 15) is 22.7 Å². The summed E-state index contributed by atoms with van der Waals surface area (Å²) in [7, 11) is -3.63. The zero-order valence-electron chi connectivity index (χ0n) is 12.7. The number of hydrogen-bond donors (Lipinski definition) is 1. The number of ether oxygens (including phenoxy) is 1. The molecule has 2 heterocycles. The molecule has 128 valence electrons. The van der Waals surface area contributed by atoms with Crippen molar-refractivity contribution in [3.63, 3.8) is 0 Å². The summed E-state index contributed by atoms with van der Waals surface area (Å²) >= 11 is 0. The standard InChI is InChI=1S/C15H14FNO6S/c1-9(18)22-14-12(19)13(10-4-2-5-11(16)8-10)23-15(14)17-6-3-7-24(17,20)21/h2,4-5,8,19H,3,6-7H2,1H3. The van der Waals surface area contributed by atoms with Crippen LogP contribution in [0.4, 0.5) is 10.3 Å². The average molecular weight is 355 g/mol. The van der Waals surface area contributed by atoms with Crippen LogP contribution in [0.15, 0.2) is 28.7 Å². The maximum absolute atomic E-state index is 13.4. The Morgan fingerprint density at radius 2 is 2.17 bits per heavy atom. The lowest BCUT2D eigenvalue weighted by atomic mass is 10.1. The molecule has 0 saturated carbocycles. The predicted octanol–water partition coefficient (Wildman–Crippen LogP) is 2.26. The van der Waals surface area contributed by atoms with E-state index in [-0.39, 0.29) is 29.5 Å². The molecule has 1 saturated heterocycles. The molecule has 1 fully saturated rings. The van der Waals surface area contributed by atoms with Gasteiger partial charge in [0, 0.05) is 19.0 Å². The van der Waals surface area contributed by atoms with Crippen LogP contribution in [0.3, 0.4) is 0 Å². The molecular formula is C15H14FNO6S. The van der Waals surface area contributed by atoms with E-state index in [1.54, 1.807) is 0 Å². The molecule has 0 spiro atoms. The van der Waals surface area contributed by atoms with Crippen molar-refractivity contribution in [3.05, 3.63) is 30.1 Å². The fourth-order valence-electron chi connectivity index (χ4n) is 2.49. The van der Waals surface area contributed by atoms with Crippen molar-refractivity contribution < 1.29 is 31.9 Å². The largest absolute Gasteiger partial charge is 0.502 e. The molecule has 2 aromatic rings. The first-order valence-corrected chi connectivity index (χ1v) is 8.71. The van der Waals surface area contributed by atoms with E-state index in [0.29, 0.717) is 6.42 Å². The van der Waals surface area contributed by atoms with Crippen LogP contribution >= 0.6 is 0 Å². The molecule has 1 N–H and O–H groups in total. The van der Waals surface area contributed by atoms with Crippen LogP contribution in [-0.4, -0.2) is 31.8 Å². The number of nitrogens with zero attached hydrogens (tertiary/aromatic N) is 1. The van der Waals surface area contributed by atoms with E-state index in [0.717, 1.165) is 17.3 Å². The van der Waals surface area contributed by atoms with E-state index in [1.165, 1.54) is 18.2 Å². The summed E-state index contributed by atoms with van der Waals surface area (Å²) in [6.07, 6.45) is 0.374. The zero-order valence-corrected chi connectivity index (χ0v) is 13.5. The van der Waals surface area contributed by atoms with Crippen LogP contribution in [0.2, 0.25) is 0 Å². The molecule has 1 aromatic heterocycles. The van der Waals surface area contributed by atoms with Gasteiger partial charge in [-0.2, -0.15) is 0 Å². The Hall–Kier alpha value is -2.55. The summed E-state index contributed by atoms with van der Waals surface area (Å²) in [5.41, 5.74) is 0.184. The van der Waals surface area contributed by atoms with Gasteiger partial charge in [0.05, 0.1) is 5.75 Å². The molecule has 24 heavy (non-hydrogen) atoms. The van der Waals surface area contributed by atoms with Crippen molar-refractivity contribution in [1.82, 2.24) is 0 Å². The van der Waals surface area contributed by atoms with E-state index in [1.807, 2.05) is 0 Å². The van der Waals surface area contributed by atoms with Crippen LogP contribution in [0.25, 0.3) is 11.3 Å². The number of esters is 1. The Balaban J connectivity index is 2.18. The van der Waals surface area contributed by atoms with Crippen LogP contribution in [0.5, 0.6) is 11.5 Å². The third-order valence-corrected chi connectivity index (χ3v) is 5.31. The number of anilines is 1. The van der Waals surface area contributed by atoms with Gasteiger partial charge in [0.25, 0.3) is 5.88 Å². The van der Waals surface area contributed by atoms with Gasteiger partial charge in [0.1, 0.15) is 5.82 Å². The third-order valence-electron chi connectivity index (χ3n) is 3.48. The maximum atomic E-state index is 13.4. The molecule has 3 rings (SSSR count). The fraction of sp³-hybridized carbons (Fsp3) is 0.267. The molecule has 0 aliphatic carbocycles. The van der Waals surface area contributed by atoms with Crippen LogP contribution in [-0.2, 0) is 14.8 Å². The van der Waals surface area contributed by atoms with Gasteiger partial charge in [0.2, 0.25) is 21.5 Å². The number of hydrogen-bond acceptors (Lipinski definition) is 6. The van der Waals surface area contributed by atoms with Gasteiger partial charge in [-0.15, -0.1) is 0 Å². The van der Waals surface area contributed by atoms with Crippen molar-refractivity contribution in [2.24, 2.45) is 0 Å². The normalized spacial score (nSPS) is 16.3. The second-order valence-electron chi connectivity index (χ2n) is 5.26. The second-order valence-corrected chi connectivity index (χ2v) is 7.27. The summed E-state index contributed by atoms with van der Waals surface area (Å²) in [6, 6.07) is 5.20. The van der Waals surface area contributed by atoms with Gasteiger partial charge >= 0.3 is 5.97 Å². The highest BCUT2D eigenvalue weighted by Crippen LogP contribution is 2.49. The topological polar surface area (TPSA) is 97.0 Å². The van der Waals surface area contributed by atoms with Gasteiger partial charge in [-0.1, -0.05) is 12.1 Å². The Kier molecular flexibility index (Phi) is 3.96. The first-order chi connectivity index (χ1) is 11.3. The predicted molar refractivity (Wildman–Crippen MR) is 82.8 cm³/mol. The quantitative estimate of drug-likeness (QED) is 0.848. The zero-order chi connectivity index (χ0) is 17.5. The summed E-state index contributed by atoms with van der Waals surface area (Å²) in [4.78, 5) is 11.3. The molecule has 7 nitrogen and oxygen atoms in total. The summed E-state index contributed by atoms with van der Waals surface area (Å²) in [5.74, 6) is -2.83. The summed E-state index contributed by atoms with van der Waals surface area (Å²) in [6.45, 7) is 1.24. The number of furan rings is 1. The highest BCUT2D eigenvalue weighted by Gasteiger charge is 2.37. The van der Waals surface area contributed by atoms with Gasteiger partial charge in [0.15, 0.2) is 5.76 Å². The monoisotopic (exact) mass is 355 g/mol. The molecule has 0 amide bonds. The SMILES string of the molecule is CC(=O)Oc1c(N2CCCS2(=O)=O)oc(-c2cccc(F)c2)c1O. The van der Waals surface area contributed by atoms with Gasteiger partial charge in [-0.25, -0.2) is 17.1 Å². The highest BCUT2D eigenvalue weighted by molar-refractivity contribution is 7.93. The molecular weight excluding hydrogens is 341 g/mol. The van der Waals surface area contributed by atoms with Gasteiger partial charge in [-0.3, -0.25) is 4.79 Å². The molecule has 0 unspecified atom stereocenters. The molecule has 0 atom stereocenters. The van der Waals surface area contributed by atoms with Crippen LogP contribution in [0, 0.1) is 5.82 Å². The van der Waals surface area contributed by atoms with Crippen molar-refractivity contribution in [2.75, 3.05) is 16.6 Å². The van der Waals surface area contributed by atoms with E-state index in [2.05, 4.69) is 0 Å². The minimum Gasteiger partial charge on any atom is -0.502 e. The Labute approximate surface area is 137 Å². The van der Waals surface area contributed by atoms with Crippen LogP contribution < -0.4 is 9.04 Å². The number of rotatable bonds is 3. The second kappa shape index (κ2) is 5.82. The van der Waals surface area contributed by atoms with Crippen molar-refractivity contribution in [2.45, 2.75) is 13.3 Å². The van der Waals surface area contributed by atoms with Gasteiger partial charge < -0.3 is 14.3 Å². The minimum absolute atomic E-state index is 0.0801. The lowest BCUT2D eigenvalue weighted by Gasteiger charge is -2.14. The summed E-state index contributed by atoms with van der Waals surface area (Å²) < 4.78 is 48.9. The molecule has 9 heteroatoms. The van der Waals surface area contributed by atoms with Crippen LogP contribution in [0.1, 0.15) is 13.3 Å².